The SMILES string of the molecule is NCCOS(=O)(=O)C1C2CC3CC(C2)CC1C3. The van der Waals surface area contributed by atoms with Crippen LogP contribution in [0.2, 0.25) is 0 Å². The van der Waals surface area contributed by atoms with Crippen molar-refractivity contribution in [2.45, 2.75) is 37.4 Å². The zero-order valence-electron chi connectivity index (χ0n) is 10.0. The largest absolute Gasteiger partial charge is 0.328 e. The zero-order chi connectivity index (χ0) is 12.0. The molecule has 0 aromatic rings. The third-order valence-corrected chi connectivity index (χ3v) is 6.77. The van der Waals surface area contributed by atoms with Gasteiger partial charge in [-0.3, -0.25) is 4.18 Å². The van der Waals surface area contributed by atoms with Gasteiger partial charge in [-0.2, -0.15) is 8.42 Å². The van der Waals surface area contributed by atoms with Crippen LogP contribution in [0.3, 0.4) is 0 Å². The highest BCUT2D eigenvalue weighted by molar-refractivity contribution is 7.87. The van der Waals surface area contributed by atoms with Crippen molar-refractivity contribution in [3.8, 4) is 0 Å². The molecule has 4 fully saturated rings. The number of rotatable bonds is 4. The van der Waals surface area contributed by atoms with Gasteiger partial charge in [0.25, 0.3) is 10.1 Å². The first-order valence-electron chi connectivity index (χ1n) is 6.68. The van der Waals surface area contributed by atoms with Crippen LogP contribution in [0.25, 0.3) is 0 Å². The van der Waals surface area contributed by atoms with E-state index in [0.717, 1.165) is 37.5 Å². The van der Waals surface area contributed by atoms with Crippen molar-refractivity contribution in [2.75, 3.05) is 13.2 Å². The molecule has 4 aliphatic carbocycles. The molecule has 98 valence electrons. The minimum Gasteiger partial charge on any atom is -0.328 e. The molecular weight excluding hydrogens is 238 g/mol. The molecule has 2 N–H and O–H groups in total. The third-order valence-electron chi connectivity index (χ3n) is 4.84. The summed E-state index contributed by atoms with van der Waals surface area (Å²) in [5.41, 5.74) is 5.32. The van der Waals surface area contributed by atoms with Gasteiger partial charge >= 0.3 is 0 Å². The van der Waals surface area contributed by atoms with E-state index >= 15 is 0 Å². The fourth-order valence-electron chi connectivity index (χ4n) is 4.59. The predicted octanol–water partition coefficient (Wildman–Crippen LogP) is 1.12. The third kappa shape index (κ3) is 2.02. The first kappa shape index (κ1) is 11.9. The van der Waals surface area contributed by atoms with Crippen molar-refractivity contribution in [3.63, 3.8) is 0 Å². The van der Waals surface area contributed by atoms with Crippen molar-refractivity contribution in [3.05, 3.63) is 0 Å². The highest BCUT2D eigenvalue weighted by atomic mass is 32.2. The van der Waals surface area contributed by atoms with E-state index in [1.165, 1.54) is 6.42 Å². The topological polar surface area (TPSA) is 69.4 Å². The van der Waals surface area contributed by atoms with Gasteiger partial charge in [0.2, 0.25) is 0 Å². The molecule has 4 nitrogen and oxygen atoms in total. The number of hydrogen-bond donors (Lipinski definition) is 1. The second-order valence-electron chi connectivity index (χ2n) is 6.00. The highest BCUT2D eigenvalue weighted by Crippen LogP contribution is 2.55. The Morgan fingerprint density at radius 1 is 1.00 bits per heavy atom. The fourth-order valence-corrected chi connectivity index (χ4v) is 6.46. The van der Waals surface area contributed by atoms with Gasteiger partial charge in [-0.1, -0.05) is 0 Å². The lowest BCUT2D eigenvalue weighted by molar-refractivity contribution is 0.0201. The Kier molecular flexibility index (Phi) is 2.96. The van der Waals surface area contributed by atoms with Crippen LogP contribution >= 0.6 is 0 Å². The second-order valence-corrected chi connectivity index (χ2v) is 7.76. The van der Waals surface area contributed by atoms with E-state index in [2.05, 4.69) is 0 Å². The smallest absolute Gasteiger partial charge is 0.270 e. The zero-order valence-corrected chi connectivity index (χ0v) is 10.9. The van der Waals surface area contributed by atoms with Gasteiger partial charge in [-0.25, -0.2) is 0 Å². The molecule has 5 heteroatoms. The van der Waals surface area contributed by atoms with Gasteiger partial charge in [0.1, 0.15) is 0 Å². The van der Waals surface area contributed by atoms with Crippen LogP contribution in [0.5, 0.6) is 0 Å². The average Bonchev–Trinajstić information content (AvgIpc) is 2.24. The number of nitrogens with two attached hydrogens (primary N) is 1. The van der Waals surface area contributed by atoms with Crippen LogP contribution in [0.1, 0.15) is 32.1 Å². The molecule has 4 rings (SSSR count). The summed E-state index contributed by atoms with van der Waals surface area (Å²) in [4.78, 5) is 0. The summed E-state index contributed by atoms with van der Waals surface area (Å²) in [7, 11) is -3.39. The van der Waals surface area contributed by atoms with E-state index in [1.54, 1.807) is 0 Å². The molecule has 0 unspecified atom stereocenters. The average molecular weight is 259 g/mol. The van der Waals surface area contributed by atoms with Crippen LogP contribution < -0.4 is 5.73 Å². The summed E-state index contributed by atoms with van der Waals surface area (Å²) in [5.74, 6) is 2.29. The maximum absolute atomic E-state index is 12.2. The predicted molar refractivity (Wildman–Crippen MR) is 64.8 cm³/mol. The van der Waals surface area contributed by atoms with Crippen molar-refractivity contribution in [1.82, 2.24) is 0 Å². The Morgan fingerprint density at radius 3 is 2.00 bits per heavy atom. The fraction of sp³-hybridized carbons (Fsp3) is 1.00. The van der Waals surface area contributed by atoms with Crippen LogP contribution in [0.4, 0.5) is 0 Å². The van der Waals surface area contributed by atoms with Gasteiger partial charge in [0.15, 0.2) is 0 Å². The van der Waals surface area contributed by atoms with E-state index in [-0.39, 0.29) is 18.4 Å². The van der Waals surface area contributed by atoms with Crippen molar-refractivity contribution < 1.29 is 12.6 Å². The summed E-state index contributed by atoms with van der Waals surface area (Å²) in [6.45, 7) is 0.400. The lowest BCUT2D eigenvalue weighted by Crippen LogP contribution is -2.52. The number of hydrogen-bond acceptors (Lipinski definition) is 4. The molecule has 0 aromatic heterocycles. The van der Waals surface area contributed by atoms with Gasteiger partial charge in [-0.15, -0.1) is 0 Å². The Hall–Kier alpha value is -0.130. The quantitative estimate of drug-likeness (QED) is 0.768. The Labute approximate surface area is 103 Å². The van der Waals surface area contributed by atoms with Crippen molar-refractivity contribution in [2.24, 2.45) is 29.4 Å². The summed E-state index contributed by atoms with van der Waals surface area (Å²) in [5, 5.41) is -0.234. The van der Waals surface area contributed by atoms with Crippen molar-refractivity contribution in [1.29, 1.82) is 0 Å². The molecule has 4 bridgehead atoms. The molecule has 17 heavy (non-hydrogen) atoms. The Morgan fingerprint density at radius 2 is 1.53 bits per heavy atom. The maximum atomic E-state index is 12.2. The van der Waals surface area contributed by atoms with Gasteiger partial charge in [-0.05, 0) is 55.8 Å². The molecule has 0 aliphatic heterocycles. The van der Waals surface area contributed by atoms with E-state index in [0.29, 0.717) is 11.8 Å². The van der Waals surface area contributed by atoms with Gasteiger partial charge in [0, 0.05) is 6.54 Å². The minimum absolute atomic E-state index is 0.130. The Balaban J connectivity index is 1.79. The van der Waals surface area contributed by atoms with Crippen molar-refractivity contribution >= 4 is 10.1 Å². The second kappa shape index (κ2) is 4.21. The van der Waals surface area contributed by atoms with Crippen LogP contribution in [0.15, 0.2) is 0 Å². The van der Waals surface area contributed by atoms with Crippen LogP contribution in [0, 0.1) is 23.7 Å². The van der Waals surface area contributed by atoms with Crippen LogP contribution in [-0.2, 0) is 14.3 Å². The molecule has 0 spiro atoms. The molecular formula is C12H21NO3S. The molecule has 0 aromatic carbocycles. The molecule has 0 saturated heterocycles. The molecule has 4 aliphatic rings. The van der Waals surface area contributed by atoms with E-state index < -0.39 is 10.1 Å². The highest BCUT2D eigenvalue weighted by Gasteiger charge is 2.53. The summed E-state index contributed by atoms with van der Waals surface area (Å²) < 4.78 is 29.5. The molecule has 0 atom stereocenters. The van der Waals surface area contributed by atoms with E-state index in [1.807, 2.05) is 0 Å². The lowest BCUT2D eigenvalue weighted by Gasteiger charge is -2.53. The summed E-state index contributed by atoms with van der Waals surface area (Å²) in [6, 6.07) is 0. The first-order valence-corrected chi connectivity index (χ1v) is 8.15. The normalized spacial score (nSPS) is 44.2. The monoisotopic (exact) mass is 259 g/mol. The maximum Gasteiger partial charge on any atom is 0.270 e. The van der Waals surface area contributed by atoms with Crippen LogP contribution in [-0.4, -0.2) is 26.8 Å². The molecule has 0 radical (unpaired) electrons. The van der Waals surface area contributed by atoms with Gasteiger partial charge < -0.3 is 5.73 Å². The lowest BCUT2D eigenvalue weighted by atomic mass is 9.56. The molecule has 4 saturated carbocycles. The van der Waals surface area contributed by atoms with Gasteiger partial charge in [0.05, 0.1) is 11.9 Å². The van der Waals surface area contributed by atoms with E-state index in [4.69, 9.17) is 9.92 Å². The minimum atomic E-state index is -3.39. The van der Waals surface area contributed by atoms with E-state index in [9.17, 15) is 8.42 Å². The molecule has 0 heterocycles. The standard InChI is InChI=1S/C12H21NO3S/c13-1-2-16-17(14,15)12-10-4-8-3-9(6-10)7-11(12)5-8/h8-12H,1-7,13H2. The first-order chi connectivity index (χ1) is 8.10. The summed E-state index contributed by atoms with van der Waals surface area (Å²) in [6.07, 6.45) is 5.74. The summed E-state index contributed by atoms with van der Waals surface area (Å²) >= 11 is 0. The Bertz CT molecular complexity index is 365. The molecule has 0 amide bonds.